The first-order valence-corrected chi connectivity index (χ1v) is 6.83. The number of hydrogen-bond donors (Lipinski definition) is 0. The highest BCUT2D eigenvalue weighted by molar-refractivity contribution is 6.31. The van der Waals surface area contributed by atoms with Gasteiger partial charge < -0.3 is 9.80 Å². The highest BCUT2D eigenvalue weighted by Gasteiger charge is 2.22. The topological polar surface area (TPSA) is 23.6 Å². The molecule has 0 aromatic heterocycles. The van der Waals surface area contributed by atoms with Crippen LogP contribution in [0, 0.1) is 6.92 Å². The molecular formula is C15H19ClN2O. The second-order valence-electron chi connectivity index (χ2n) is 4.94. The van der Waals surface area contributed by atoms with Crippen LogP contribution >= 0.6 is 11.6 Å². The molecule has 0 saturated carbocycles. The number of carbonyl (C=O) groups excluding carboxylic acids is 1. The van der Waals surface area contributed by atoms with Gasteiger partial charge in [-0.05, 0) is 31.5 Å². The van der Waals surface area contributed by atoms with E-state index in [2.05, 4.69) is 17.5 Å². The maximum atomic E-state index is 11.8. The lowest BCUT2D eigenvalue weighted by molar-refractivity contribution is -0.127. The first kappa shape index (κ1) is 13.9. The van der Waals surface area contributed by atoms with Gasteiger partial charge in [0.15, 0.2) is 0 Å². The Kier molecular flexibility index (Phi) is 4.15. The van der Waals surface area contributed by atoms with E-state index < -0.39 is 0 Å². The number of benzene rings is 1. The van der Waals surface area contributed by atoms with Crippen molar-refractivity contribution in [1.82, 2.24) is 4.90 Å². The molecule has 0 radical (unpaired) electrons. The third-order valence-corrected chi connectivity index (χ3v) is 3.92. The summed E-state index contributed by atoms with van der Waals surface area (Å²) in [5, 5.41) is 0.790. The van der Waals surface area contributed by atoms with Crippen molar-refractivity contribution in [2.24, 2.45) is 0 Å². The molecule has 0 N–H and O–H groups in total. The Labute approximate surface area is 119 Å². The van der Waals surface area contributed by atoms with Gasteiger partial charge in [0, 0.05) is 42.5 Å². The molecule has 102 valence electrons. The summed E-state index contributed by atoms with van der Waals surface area (Å²) in [6.45, 7) is 10.6. The van der Waals surface area contributed by atoms with E-state index >= 15 is 0 Å². The van der Waals surface area contributed by atoms with E-state index in [1.807, 2.05) is 24.0 Å². The average molecular weight is 279 g/mol. The summed E-state index contributed by atoms with van der Waals surface area (Å²) in [4.78, 5) is 16.0. The van der Waals surface area contributed by atoms with Crippen molar-refractivity contribution in [2.45, 2.75) is 13.8 Å². The lowest BCUT2D eigenvalue weighted by atomic mass is 10.1. The van der Waals surface area contributed by atoms with E-state index in [0.29, 0.717) is 5.57 Å². The lowest BCUT2D eigenvalue weighted by Gasteiger charge is -2.37. The standard InChI is InChI=1S/C15H19ClN2O/c1-11(2)15(19)18-9-7-17(8-10-18)14-6-4-5-13(16)12(14)3/h4-6H,1,7-10H2,2-3H3. The molecule has 1 saturated heterocycles. The average Bonchev–Trinajstić information content (AvgIpc) is 2.41. The summed E-state index contributed by atoms with van der Waals surface area (Å²) >= 11 is 6.15. The molecule has 4 heteroatoms. The van der Waals surface area contributed by atoms with Crippen molar-refractivity contribution < 1.29 is 4.79 Å². The van der Waals surface area contributed by atoms with Crippen molar-refractivity contribution in [3.63, 3.8) is 0 Å². The largest absolute Gasteiger partial charge is 0.368 e. The molecular weight excluding hydrogens is 260 g/mol. The van der Waals surface area contributed by atoms with E-state index in [9.17, 15) is 4.79 Å². The molecule has 0 bridgehead atoms. The predicted molar refractivity (Wildman–Crippen MR) is 79.8 cm³/mol. The van der Waals surface area contributed by atoms with Crippen molar-refractivity contribution in [2.75, 3.05) is 31.1 Å². The van der Waals surface area contributed by atoms with Gasteiger partial charge >= 0.3 is 0 Å². The Morgan fingerprint density at radius 1 is 1.26 bits per heavy atom. The minimum atomic E-state index is 0.0578. The SMILES string of the molecule is C=C(C)C(=O)N1CCN(c2cccc(Cl)c2C)CC1. The zero-order valence-electron chi connectivity index (χ0n) is 11.4. The Bertz CT molecular complexity index is 505. The van der Waals surface area contributed by atoms with Crippen molar-refractivity contribution in [3.8, 4) is 0 Å². The molecule has 0 spiro atoms. The number of rotatable bonds is 2. The van der Waals surface area contributed by atoms with Crippen LogP contribution < -0.4 is 4.90 Å². The molecule has 1 fully saturated rings. The van der Waals surface area contributed by atoms with Gasteiger partial charge in [0.05, 0.1) is 0 Å². The summed E-state index contributed by atoms with van der Waals surface area (Å²) in [5.41, 5.74) is 2.87. The fourth-order valence-electron chi connectivity index (χ4n) is 2.36. The highest BCUT2D eigenvalue weighted by Crippen LogP contribution is 2.27. The van der Waals surface area contributed by atoms with Crippen LogP contribution in [0.15, 0.2) is 30.4 Å². The van der Waals surface area contributed by atoms with E-state index in [0.717, 1.165) is 42.5 Å². The monoisotopic (exact) mass is 278 g/mol. The lowest BCUT2D eigenvalue weighted by Crippen LogP contribution is -2.49. The Balaban J connectivity index is 2.06. The molecule has 1 aromatic rings. The van der Waals surface area contributed by atoms with Gasteiger partial charge in [-0.1, -0.05) is 24.2 Å². The molecule has 1 aliphatic heterocycles. The van der Waals surface area contributed by atoms with Gasteiger partial charge in [-0.3, -0.25) is 4.79 Å². The number of amides is 1. The molecule has 0 aliphatic carbocycles. The zero-order valence-corrected chi connectivity index (χ0v) is 12.2. The zero-order chi connectivity index (χ0) is 14.0. The third-order valence-electron chi connectivity index (χ3n) is 3.51. The van der Waals surface area contributed by atoms with Crippen LogP contribution in [0.3, 0.4) is 0 Å². The minimum absolute atomic E-state index is 0.0578. The normalized spacial score (nSPS) is 15.5. The van der Waals surface area contributed by atoms with Gasteiger partial charge in [-0.25, -0.2) is 0 Å². The first-order valence-electron chi connectivity index (χ1n) is 6.45. The molecule has 1 heterocycles. The highest BCUT2D eigenvalue weighted by atomic mass is 35.5. The van der Waals surface area contributed by atoms with Crippen LogP contribution in [0.2, 0.25) is 5.02 Å². The van der Waals surface area contributed by atoms with Gasteiger partial charge in [-0.15, -0.1) is 0 Å². The molecule has 0 atom stereocenters. The number of piperazine rings is 1. The van der Waals surface area contributed by atoms with E-state index in [-0.39, 0.29) is 5.91 Å². The molecule has 3 nitrogen and oxygen atoms in total. The van der Waals surface area contributed by atoms with E-state index in [1.165, 1.54) is 0 Å². The van der Waals surface area contributed by atoms with Gasteiger partial charge in [0.1, 0.15) is 0 Å². The number of nitrogens with zero attached hydrogens (tertiary/aromatic N) is 2. The summed E-state index contributed by atoms with van der Waals surface area (Å²) in [6, 6.07) is 5.95. The number of halogens is 1. The fraction of sp³-hybridized carbons (Fsp3) is 0.400. The first-order chi connectivity index (χ1) is 9.00. The van der Waals surface area contributed by atoms with E-state index in [1.54, 1.807) is 6.92 Å². The number of anilines is 1. The van der Waals surface area contributed by atoms with E-state index in [4.69, 9.17) is 11.6 Å². The smallest absolute Gasteiger partial charge is 0.249 e. The third kappa shape index (κ3) is 2.92. The fourth-order valence-corrected chi connectivity index (χ4v) is 2.53. The molecule has 2 rings (SSSR count). The molecule has 19 heavy (non-hydrogen) atoms. The van der Waals surface area contributed by atoms with Crippen molar-refractivity contribution in [3.05, 3.63) is 40.9 Å². The summed E-state index contributed by atoms with van der Waals surface area (Å²) in [6.07, 6.45) is 0. The quantitative estimate of drug-likeness (QED) is 0.777. The molecule has 0 unspecified atom stereocenters. The van der Waals surface area contributed by atoms with Crippen LogP contribution in [0.25, 0.3) is 0 Å². The number of carbonyl (C=O) groups is 1. The maximum absolute atomic E-state index is 11.8. The summed E-state index contributed by atoms with van der Waals surface area (Å²) in [5.74, 6) is 0.0578. The molecule has 1 aromatic carbocycles. The Morgan fingerprint density at radius 3 is 2.47 bits per heavy atom. The van der Waals surface area contributed by atoms with Crippen LogP contribution in [0.1, 0.15) is 12.5 Å². The van der Waals surface area contributed by atoms with Gasteiger partial charge in [0.2, 0.25) is 5.91 Å². The summed E-state index contributed by atoms with van der Waals surface area (Å²) < 4.78 is 0. The van der Waals surface area contributed by atoms with Crippen LogP contribution in [-0.4, -0.2) is 37.0 Å². The van der Waals surface area contributed by atoms with Crippen molar-refractivity contribution in [1.29, 1.82) is 0 Å². The molecule has 1 amide bonds. The van der Waals surface area contributed by atoms with Gasteiger partial charge in [-0.2, -0.15) is 0 Å². The second-order valence-corrected chi connectivity index (χ2v) is 5.35. The van der Waals surface area contributed by atoms with Crippen LogP contribution in [0.4, 0.5) is 5.69 Å². The van der Waals surface area contributed by atoms with Crippen LogP contribution in [0.5, 0.6) is 0 Å². The maximum Gasteiger partial charge on any atom is 0.249 e. The van der Waals surface area contributed by atoms with Gasteiger partial charge in [0.25, 0.3) is 0 Å². The van der Waals surface area contributed by atoms with Crippen LogP contribution in [-0.2, 0) is 4.79 Å². The summed E-state index contributed by atoms with van der Waals surface area (Å²) in [7, 11) is 0. The number of hydrogen-bond acceptors (Lipinski definition) is 2. The second kappa shape index (κ2) is 5.66. The molecule has 1 aliphatic rings. The Hall–Kier alpha value is -1.48. The van der Waals surface area contributed by atoms with Crippen molar-refractivity contribution >= 4 is 23.2 Å². The predicted octanol–water partition coefficient (Wildman–Crippen LogP) is 2.87. The minimum Gasteiger partial charge on any atom is -0.368 e. The Morgan fingerprint density at radius 2 is 1.89 bits per heavy atom.